The van der Waals surface area contributed by atoms with Crippen molar-refractivity contribution in [1.29, 1.82) is 0 Å². The fourth-order valence-electron chi connectivity index (χ4n) is 1.62. The highest BCUT2D eigenvalue weighted by molar-refractivity contribution is 5.96. The molecule has 1 amide bonds. The van der Waals surface area contributed by atoms with Crippen LogP contribution in [0.4, 0.5) is 0 Å². The average molecular weight is 237 g/mol. The molecule has 2 atom stereocenters. The lowest BCUT2D eigenvalue weighted by atomic mass is 9.98. The fraction of sp³-hybridized carbons (Fsp3) is 0.571. The standard InChI is InChI=1S/C14H23NO2/c1-7-11(5)14(17)15(6)12(9-10(3)4)13(16)8-2/h7-8,10-12H,1-2,9H2,3-6H3/t11-,12-/m0/s1. The lowest BCUT2D eigenvalue weighted by Gasteiger charge is -2.29. The summed E-state index contributed by atoms with van der Waals surface area (Å²) in [5.41, 5.74) is 0. The molecule has 0 saturated carbocycles. The van der Waals surface area contributed by atoms with Gasteiger partial charge in [-0.3, -0.25) is 9.59 Å². The minimum absolute atomic E-state index is 0.0825. The Balaban J connectivity index is 4.91. The normalized spacial score (nSPS) is 13.9. The smallest absolute Gasteiger partial charge is 0.229 e. The lowest BCUT2D eigenvalue weighted by Crippen LogP contribution is -2.44. The average Bonchev–Trinajstić information content (AvgIpc) is 2.31. The molecule has 0 N–H and O–H groups in total. The van der Waals surface area contributed by atoms with E-state index in [2.05, 4.69) is 13.2 Å². The van der Waals surface area contributed by atoms with Crippen LogP contribution in [0.3, 0.4) is 0 Å². The van der Waals surface area contributed by atoms with Crippen molar-refractivity contribution in [2.45, 2.75) is 33.2 Å². The van der Waals surface area contributed by atoms with Crippen LogP contribution >= 0.6 is 0 Å². The monoisotopic (exact) mass is 237 g/mol. The van der Waals surface area contributed by atoms with Gasteiger partial charge in [-0.05, 0) is 18.4 Å². The third-order valence-electron chi connectivity index (χ3n) is 2.78. The summed E-state index contributed by atoms with van der Waals surface area (Å²) in [7, 11) is 1.66. The predicted molar refractivity (Wildman–Crippen MR) is 70.6 cm³/mol. The Bertz CT molecular complexity index is 307. The van der Waals surface area contributed by atoms with E-state index in [0.717, 1.165) is 0 Å². The molecule has 0 aliphatic heterocycles. The quantitative estimate of drug-likeness (QED) is 0.504. The zero-order valence-corrected chi connectivity index (χ0v) is 11.3. The number of hydrogen-bond acceptors (Lipinski definition) is 2. The number of carbonyl (C=O) groups excluding carboxylic acids is 2. The van der Waals surface area contributed by atoms with Gasteiger partial charge in [-0.15, -0.1) is 6.58 Å². The Hall–Kier alpha value is -1.38. The zero-order valence-electron chi connectivity index (χ0n) is 11.3. The van der Waals surface area contributed by atoms with E-state index in [9.17, 15) is 9.59 Å². The topological polar surface area (TPSA) is 37.4 Å². The lowest BCUT2D eigenvalue weighted by molar-refractivity contribution is -0.138. The van der Waals surface area contributed by atoms with Gasteiger partial charge in [-0.25, -0.2) is 0 Å². The molecule has 0 spiro atoms. The Kier molecular flexibility index (Phi) is 6.47. The second-order valence-corrected chi connectivity index (χ2v) is 4.73. The summed E-state index contributed by atoms with van der Waals surface area (Å²) in [6.07, 6.45) is 3.52. The van der Waals surface area contributed by atoms with Gasteiger partial charge in [0.2, 0.25) is 5.91 Å². The number of amides is 1. The van der Waals surface area contributed by atoms with Crippen LogP contribution in [-0.4, -0.2) is 29.7 Å². The Morgan fingerprint density at radius 2 is 1.76 bits per heavy atom. The second kappa shape index (κ2) is 7.05. The van der Waals surface area contributed by atoms with E-state index in [1.165, 1.54) is 11.0 Å². The van der Waals surface area contributed by atoms with E-state index in [-0.39, 0.29) is 17.6 Å². The number of nitrogens with zero attached hydrogens (tertiary/aromatic N) is 1. The van der Waals surface area contributed by atoms with E-state index in [1.807, 2.05) is 13.8 Å². The number of carbonyl (C=O) groups is 2. The Morgan fingerprint density at radius 1 is 1.24 bits per heavy atom. The van der Waals surface area contributed by atoms with Gasteiger partial charge in [0.05, 0.1) is 12.0 Å². The Labute approximate surface area is 104 Å². The molecule has 0 rings (SSSR count). The van der Waals surface area contributed by atoms with E-state index >= 15 is 0 Å². The third kappa shape index (κ3) is 4.55. The van der Waals surface area contributed by atoms with Crippen LogP contribution in [0, 0.1) is 11.8 Å². The minimum atomic E-state index is -0.414. The predicted octanol–water partition coefficient (Wildman–Crippen LogP) is 2.44. The maximum absolute atomic E-state index is 12.0. The van der Waals surface area contributed by atoms with Gasteiger partial charge in [-0.1, -0.05) is 33.4 Å². The molecule has 0 unspecified atom stereocenters. The Morgan fingerprint density at radius 3 is 2.12 bits per heavy atom. The van der Waals surface area contributed by atoms with Crippen molar-refractivity contribution >= 4 is 11.7 Å². The molecule has 0 saturated heterocycles. The maximum Gasteiger partial charge on any atom is 0.229 e. The molecule has 0 aromatic rings. The molecule has 3 heteroatoms. The van der Waals surface area contributed by atoms with Crippen molar-refractivity contribution in [3.8, 4) is 0 Å². The third-order valence-corrected chi connectivity index (χ3v) is 2.78. The summed E-state index contributed by atoms with van der Waals surface area (Å²) in [5.74, 6) is -0.114. The van der Waals surface area contributed by atoms with Gasteiger partial charge in [0.25, 0.3) is 0 Å². The first-order valence-corrected chi connectivity index (χ1v) is 5.90. The summed E-state index contributed by atoms with van der Waals surface area (Å²) >= 11 is 0. The van der Waals surface area contributed by atoms with Crippen LogP contribution in [0.5, 0.6) is 0 Å². The van der Waals surface area contributed by atoms with Gasteiger partial charge in [-0.2, -0.15) is 0 Å². The van der Waals surface area contributed by atoms with Gasteiger partial charge in [0.1, 0.15) is 0 Å². The highest BCUT2D eigenvalue weighted by atomic mass is 16.2. The van der Waals surface area contributed by atoms with Gasteiger partial charge in [0, 0.05) is 7.05 Å². The molecular weight excluding hydrogens is 214 g/mol. The molecule has 17 heavy (non-hydrogen) atoms. The van der Waals surface area contributed by atoms with Crippen LogP contribution in [-0.2, 0) is 9.59 Å². The second-order valence-electron chi connectivity index (χ2n) is 4.73. The first-order chi connectivity index (χ1) is 7.84. The molecule has 0 aliphatic rings. The van der Waals surface area contributed by atoms with Crippen molar-refractivity contribution in [3.63, 3.8) is 0 Å². The van der Waals surface area contributed by atoms with Gasteiger partial charge < -0.3 is 4.90 Å². The summed E-state index contributed by atoms with van der Waals surface area (Å²) in [5, 5.41) is 0. The highest BCUT2D eigenvalue weighted by Crippen LogP contribution is 2.14. The van der Waals surface area contributed by atoms with E-state index < -0.39 is 6.04 Å². The number of rotatable bonds is 7. The van der Waals surface area contributed by atoms with Crippen molar-refractivity contribution in [3.05, 3.63) is 25.3 Å². The SMILES string of the molecule is C=CC(=O)[C@H](CC(C)C)N(C)C(=O)[C@@H](C)C=C. The number of hydrogen-bond donors (Lipinski definition) is 0. The van der Waals surface area contributed by atoms with E-state index in [1.54, 1.807) is 20.0 Å². The first-order valence-electron chi connectivity index (χ1n) is 5.90. The van der Waals surface area contributed by atoms with Crippen LogP contribution in [0.2, 0.25) is 0 Å². The number of likely N-dealkylation sites (N-methyl/N-ethyl adjacent to an activating group) is 1. The molecule has 96 valence electrons. The van der Waals surface area contributed by atoms with Crippen molar-refractivity contribution in [1.82, 2.24) is 4.90 Å². The van der Waals surface area contributed by atoms with Crippen LogP contribution in [0.15, 0.2) is 25.3 Å². The van der Waals surface area contributed by atoms with Gasteiger partial charge in [0.15, 0.2) is 5.78 Å². The fourth-order valence-corrected chi connectivity index (χ4v) is 1.62. The first kappa shape index (κ1) is 15.6. The highest BCUT2D eigenvalue weighted by Gasteiger charge is 2.27. The van der Waals surface area contributed by atoms with Crippen molar-refractivity contribution < 1.29 is 9.59 Å². The maximum atomic E-state index is 12.0. The minimum Gasteiger partial charge on any atom is -0.335 e. The molecule has 0 aromatic carbocycles. The molecular formula is C14H23NO2. The summed E-state index contributed by atoms with van der Waals surface area (Å²) < 4.78 is 0. The summed E-state index contributed by atoms with van der Waals surface area (Å²) in [6.45, 7) is 12.9. The van der Waals surface area contributed by atoms with E-state index in [4.69, 9.17) is 0 Å². The molecule has 0 aromatic heterocycles. The van der Waals surface area contributed by atoms with Crippen LogP contribution in [0.25, 0.3) is 0 Å². The summed E-state index contributed by atoms with van der Waals surface area (Å²) in [4.78, 5) is 25.3. The van der Waals surface area contributed by atoms with Gasteiger partial charge >= 0.3 is 0 Å². The van der Waals surface area contributed by atoms with Crippen LogP contribution < -0.4 is 0 Å². The largest absolute Gasteiger partial charge is 0.335 e. The molecule has 0 fully saturated rings. The molecule has 0 heterocycles. The van der Waals surface area contributed by atoms with Crippen molar-refractivity contribution in [2.75, 3.05) is 7.05 Å². The van der Waals surface area contributed by atoms with Crippen LogP contribution in [0.1, 0.15) is 27.2 Å². The molecule has 3 nitrogen and oxygen atoms in total. The molecule has 0 aliphatic carbocycles. The van der Waals surface area contributed by atoms with E-state index in [0.29, 0.717) is 12.3 Å². The molecule has 0 radical (unpaired) electrons. The zero-order chi connectivity index (χ0) is 13.6. The van der Waals surface area contributed by atoms with Crippen molar-refractivity contribution in [2.24, 2.45) is 11.8 Å². The summed E-state index contributed by atoms with van der Waals surface area (Å²) in [6, 6.07) is -0.414. The molecule has 0 bridgehead atoms. The number of ketones is 1.